The van der Waals surface area contributed by atoms with Crippen molar-refractivity contribution in [1.29, 1.82) is 5.41 Å². The van der Waals surface area contributed by atoms with Crippen molar-refractivity contribution in [1.82, 2.24) is 0 Å². The number of rotatable bonds is 2. The van der Waals surface area contributed by atoms with E-state index in [0.717, 1.165) is 48.1 Å². The molecule has 1 atom stereocenters. The van der Waals surface area contributed by atoms with Crippen LogP contribution in [0.2, 0.25) is 0 Å². The van der Waals surface area contributed by atoms with Gasteiger partial charge < -0.3 is 15.7 Å². The van der Waals surface area contributed by atoms with Crippen molar-refractivity contribution >= 4 is 27.5 Å². The molecule has 1 aliphatic rings. The van der Waals surface area contributed by atoms with Gasteiger partial charge in [0.2, 0.25) is 0 Å². The van der Waals surface area contributed by atoms with Crippen LogP contribution < -0.4 is 10.6 Å². The molecule has 1 saturated heterocycles. The maximum atomic E-state index is 10.1. The van der Waals surface area contributed by atoms with E-state index in [4.69, 9.17) is 11.1 Å². The Bertz CT molecular complexity index is 488. The highest BCUT2D eigenvalue weighted by Crippen LogP contribution is 2.29. The monoisotopic (exact) mass is 325 g/mol. The van der Waals surface area contributed by atoms with Crippen molar-refractivity contribution in [2.75, 3.05) is 18.0 Å². The lowest BCUT2D eigenvalue weighted by Gasteiger charge is -2.26. The van der Waals surface area contributed by atoms with Crippen molar-refractivity contribution in [3.05, 3.63) is 28.2 Å². The fraction of sp³-hybridized carbons (Fsp3) is 0.500. The number of anilines is 1. The molecule has 0 spiro atoms. The van der Waals surface area contributed by atoms with Gasteiger partial charge in [0.15, 0.2) is 0 Å². The fourth-order valence-electron chi connectivity index (χ4n) is 2.50. The Balaban J connectivity index is 2.30. The lowest BCUT2D eigenvalue weighted by atomic mass is 9.98. The van der Waals surface area contributed by atoms with E-state index in [9.17, 15) is 5.11 Å². The molecule has 0 aromatic heterocycles. The molecule has 5 heteroatoms. The molecule has 0 bridgehead atoms. The van der Waals surface area contributed by atoms with Gasteiger partial charge in [-0.05, 0) is 44.4 Å². The van der Waals surface area contributed by atoms with E-state index in [2.05, 4.69) is 20.8 Å². The Kier molecular flexibility index (Phi) is 4.16. The lowest BCUT2D eigenvalue weighted by molar-refractivity contribution is 0.0481. The molecule has 0 radical (unpaired) electrons. The van der Waals surface area contributed by atoms with Crippen molar-refractivity contribution in [2.24, 2.45) is 5.73 Å². The predicted octanol–water partition coefficient (Wildman–Crippen LogP) is 2.47. The fourth-order valence-corrected chi connectivity index (χ4v) is 2.85. The summed E-state index contributed by atoms with van der Waals surface area (Å²) in [5, 5.41) is 17.8. The van der Waals surface area contributed by atoms with E-state index in [-0.39, 0.29) is 5.84 Å². The molecule has 1 fully saturated rings. The third-order valence-corrected chi connectivity index (χ3v) is 4.15. The highest BCUT2D eigenvalue weighted by atomic mass is 79.9. The summed E-state index contributed by atoms with van der Waals surface area (Å²) in [5.74, 6) is 0.0820. The lowest BCUT2D eigenvalue weighted by Crippen LogP contribution is -2.30. The molecule has 1 unspecified atom stereocenters. The molecule has 0 saturated carbocycles. The van der Waals surface area contributed by atoms with Gasteiger partial charge in [0.05, 0.1) is 5.60 Å². The second-order valence-corrected chi connectivity index (χ2v) is 6.33. The van der Waals surface area contributed by atoms with Crippen LogP contribution in [0.4, 0.5) is 5.69 Å². The van der Waals surface area contributed by atoms with Crippen molar-refractivity contribution < 1.29 is 5.11 Å². The number of nitrogens with one attached hydrogen (secondary N) is 1. The number of nitrogen functional groups attached to an aromatic ring is 1. The number of hydrogen-bond donors (Lipinski definition) is 3. The van der Waals surface area contributed by atoms with Crippen molar-refractivity contribution in [3.8, 4) is 0 Å². The summed E-state index contributed by atoms with van der Waals surface area (Å²) in [6, 6.07) is 5.76. The first-order valence-electron chi connectivity index (χ1n) is 6.50. The Morgan fingerprint density at radius 3 is 2.84 bits per heavy atom. The summed E-state index contributed by atoms with van der Waals surface area (Å²) in [6.45, 7) is 3.56. The first-order valence-corrected chi connectivity index (χ1v) is 7.30. The zero-order valence-corrected chi connectivity index (χ0v) is 12.7. The first kappa shape index (κ1) is 14.3. The Morgan fingerprint density at radius 2 is 2.16 bits per heavy atom. The molecule has 4 N–H and O–H groups in total. The summed E-state index contributed by atoms with van der Waals surface area (Å²) in [4.78, 5) is 2.21. The Hall–Kier alpha value is -1.07. The molecule has 19 heavy (non-hydrogen) atoms. The molecule has 1 heterocycles. The number of aliphatic hydroxyl groups is 1. The second-order valence-electron chi connectivity index (χ2n) is 5.41. The van der Waals surface area contributed by atoms with Crippen LogP contribution in [0.3, 0.4) is 0 Å². The van der Waals surface area contributed by atoms with Crippen LogP contribution >= 0.6 is 15.9 Å². The molecular weight excluding hydrogens is 306 g/mol. The molecule has 0 aliphatic carbocycles. The minimum Gasteiger partial charge on any atom is -0.390 e. The summed E-state index contributed by atoms with van der Waals surface area (Å²) >= 11 is 3.47. The van der Waals surface area contributed by atoms with Gasteiger partial charge in [-0.25, -0.2) is 0 Å². The summed E-state index contributed by atoms with van der Waals surface area (Å²) in [7, 11) is 0. The van der Waals surface area contributed by atoms with E-state index < -0.39 is 5.60 Å². The molecule has 4 nitrogen and oxygen atoms in total. The van der Waals surface area contributed by atoms with Crippen molar-refractivity contribution in [2.45, 2.75) is 31.8 Å². The molecule has 2 rings (SSSR count). The molecular formula is C14H20BrN3O. The van der Waals surface area contributed by atoms with Gasteiger partial charge in [0, 0.05) is 28.8 Å². The van der Waals surface area contributed by atoms with E-state index in [1.54, 1.807) is 0 Å². The Morgan fingerprint density at radius 1 is 1.42 bits per heavy atom. The maximum Gasteiger partial charge on any atom is 0.124 e. The van der Waals surface area contributed by atoms with E-state index >= 15 is 0 Å². The van der Waals surface area contributed by atoms with E-state index in [1.807, 2.05) is 25.1 Å². The van der Waals surface area contributed by atoms with Crippen LogP contribution in [-0.2, 0) is 0 Å². The van der Waals surface area contributed by atoms with Gasteiger partial charge in [-0.2, -0.15) is 0 Å². The maximum absolute atomic E-state index is 10.1. The second kappa shape index (κ2) is 5.51. The molecule has 1 aromatic rings. The van der Waals surface area contributed by atoms with Crippen LogP contribution in [0.25, 0.3) is 0 Å². The molecule has 1 aromatic carbocycles. The van der Waals surface area contributed by atoms with Crippen LogP contribution in [0.15, 0.2) is 22.7 Å². The number of amidine groups is 1. The average molecular weight is 326 g/mol. The van der Waals surface area contributed by atoms with E-state index in [0.29, 0.717) is 0 Å². The zero-order chi connectivity index (χ0) is 14.0. The van der Waals surface area contributed by atoms with Gasteiger partial charge in [-0.15, -0.1) is 0 Å². The summed E-state index contributed by atoms with van der Waals surface area (Å²) < 4.78 is 0.975. The van der Waals surface area contributed by atoms with Gasteiger partial charge in [-0.3, -0.25) is 5.41 Å². The van der Waals surface area contributed by atoms with Crippen LogP contribution in [0.1, 0.15) is 31.7 Å². The predicted molar refractivity (Wildman–Crippen MR) is 81.8 cm³/mol. The summed E-state index contributed by atoms with van der Waals surface area (Å²) in [5.41, 5.74) is 6.80. The number of nitrogens with zero attached hydrogens (tertiary/aromatic N) is 1. The Labute approximate surface area is 122 Å². The number of benzene rings is 1. The number of halogens is 1. The van der Waals surface area contributed by atoms with Gasteiger partial charge >= 0.3 is 0 Å². The smallest absolute Gasteiger partial charge is 0.124 e. The zero-order valence-electron chi connectivity index (χ0n) is 11.1. The van der Waals surface area contributed by atoms with Crippen LogP contribution in [-0.4, -0.2) is 29.6 Å². The third kappa shape index (κ3) is 3.48. The molecule has 1 aliphatic heterocycles. The highest BCUT2D eigenvalue weighted by molar-refractivity contribution is 9.10. The van der Waals surface area contributed by atoms with Crippen molar-refractivity contribution in [3.63, 3.8) is 0 Å². The van der Waals surface area contributed by atoms with Crippen LogP contribution in [0.5, 0.6) is 0 Å². The topological polar surface area (TPSA) is 73.3 Å². The summed E-state index contributed by atoms with van der Waals surface area (Å²) in [6.07, 6.45) is 2.49. The van der Waals surface area contributed by atoms with Crippen LogP contribution in [0, 0.1) is 5.41 Å². The van der Waals surface area contributed by atoms with Gasteiger partial charge in [0.1, 0.15) is 5.84 Å². The molecule has 0 amide bonds. The minimum absolute atomic E-state index is 0.0820. The SMILES string of the molecule is CC1(O)CCCN(c2cc(Br)ccc2C(=N)N)CC1. The third-order valence-electron chi connectivity index (χ3n) is 3.65. The first-order chi connectivity index (χ1) is 8.89. The van der Waals surface area contributed by atoms with E-state index in [1.165, 1.54) is 0 Å². The average Bonchev–Trinajstić information content (AvgIpc) is 2.49. The quantitative estimate of drug-likeness (QED) is 0.577. The van der Waals surface area contributed by atoms with Gasteiger partial charge in [-0.1, -0.05) is 15.9 Å². The normalized spacial score (nSPS) is 24.1. The van der Waals surface area contributed by atoms with Gasteiger partial charge in [0.25, 0.3) is 0 Å². The minimum atomic E-state index is -0.586. The highest BCUT2D eigenvalue weighted by Gasteiger charge is 2.26. The number of nitrogens with two attached hydrogens (primary N) is 1. The molecule has 104 valence electrons. The standard InChI is InChI=1S/C14H20BrN3O/c1-14(19)5-2-7-18(8-6-14)12-9-10(15)3-4-11(12)13(16)17/h3-4,9,19H,2,5-8H2,1H3,(H3,16,17). The largest absolute Gasteiger partial charge is 0.390 e. The number of hydrogen-bond acceptors (Lipinski definition) is 3.